The third kappa shape index (κ3) is 6.35. The van der Waals surface area contributed by atoms with Gasteiger partial charge in [0.15, 0.2) is 17.5 Å². The summed E-state index contributed by atoms with van der Waals surface area (Å²) in [6.07, 6.45) is 2.37. The molecule has 1 aromatic carbocycles. The smallest absolute Gasteiger partial charge is 0.239 e. The predicted octanol–water partition coefficient (Wildman–Crippen LogP) is 1.65. The number of hydrogen-bond acceptors (Lipinski definition) is 5. The van der Waals surface area contributed by atoms with E-state index in [9.17, 15) is 4.79 Å². The van der Waals surface area contributed by atoms with Gasteiger partial charge < -0.3 is 29.8 Å². The van der Waals surface area contributed by atoms with E-state index in [0.29, 0.717) is 24.8 Å². The maximum absolute atomic E-state index is 11.8. The van der Waals surface area contributed by atoms with Crippen molar-refractivity contribution in [1.29, 1.82) is 0 Å². The van der Waals surface area contributed by atoms with Gasteiger partial charge in [0.1, 0.15) is 5.76 Å². The predicted molar refractivity (Wildman–Crippen MR) is 112 cm³/mol. The average molecular weight is 486 g/mol. The lowest BCUT2D eigenvalue weighted by molar-refractivity contribution is -0.120. The van der Waals surface area contributed by atoms with E-state index in [1.54, 1.807) is 19.4 Å². The highest BCUT2D eigenvalue weighted by atomic mass is 127. The van der Waals surface area contributed by atoms with Crippen LogP contribution < -0.4 is 25.4 Å². The van der Waals surface area contributed by atoms with Gasteiger partial charge in [-0.3, -0.25) is 9.79 Å². The summed E-state index contributed by atoms with van der Waals surface area (Å²) < 4.78 is 15.8. The number of nitrogens with zero attached hydrogens (tertiary/aromatic N) is 1. The van der Waals surface area contributed by atoms with Gasteiger partial charge in [0.2, 0.25) is 12.7 Å². The van der Waals surface area contributed by atoms with Crippen molar-refractivity contribution in [3.05, 3.63) is 47.9 Å². The normalized spacial score (nSPS) is 12.3. The van der Waals surface area contributed by atoms with E-state index in [2.05, 4.69) is 20.9 Å². The summed E-state index contributed by atoms with van der Waals surface area (Å²) in [5.74, 6) is 2.70. The van der Waals surface area contributed by atoms with E-state index < -0.39 is 0 Å². The molecule has 1 aliphatic rings. The van der Waals surface area contributed by atoms with Crippen LogP contribution in [0.3, 0.4) is 0 Å². The molecule has 0 radical (unpaired) electrons. The highest BCUT2D eigenvalue weighted by Crippen LogP contribution is 2.32. The monoisotopic (exact) mass is 486 g/mol. The number of halogens is 1. The summed E-state index contributed by atoms with van der Waals surface area (Å²) in [4.78, 5) is 15.9. The molecule has 2 heterocycles. The molecule has 27 heavy (non-hydrogen) atoms. The second-order valence-electron chi connectivity index (χ2n) is 5.65. The Bertz CT molecular complexity index is 765. The molecule has 1 aliphatic heterocycles. The van der Waals surface area contributed by atoms with Crippen LogP contribution in [0.1, 0.15) is 11.3 Å². The van der Waals surface area contributed by atoms with Crippen molar-refractivity contribution in [2.45, 2.75) is 13.0 Å². The minimum Gasteiger partial charge on any atom is -0.467 e. The zero-order valence-corrected chi connectivity index (χ0v) is 17.3. The second-order valence-corrected chi connectivity index (χ2v) is 5.65. The molecular weight excluding hydrogens is 463 g/mol. The van der Waals surface area contributed by atoms with Gasteiger partial charge in [0.05, 0.1) is 19.4 Å². The van der Waals surface area contributed by atoms with Gasteiger partial charge in [-0.2, -0.15) is 0 Å². The summed E-state index contributed by atoms with van der Waals surface area (Å²) in [5.41, 5.74) is 1.13. The zero-order valence-electron chi connectivity index (χ0n) is 15.0. The lowest BCUT2D eigenvalue weighted by atomic mass is 10.1. The van der Waals surface area contributed by atoms with E-state index in [1.807, 2.05) is 24.3 Å². The van der Waals surface area contributed by atoms with Crippen LogP contribution in [0.4, 0.5) is 0 Å². The molecule has 0 bridgehead atoms. The van der Waals surface area contributed by atoms with Crippen LogP contribution in [-0.4, -0.2) is 38.8 Å². The van der Waals surface area contributed by atoms with Crippen molar-refractivity contribution in [1.82, 2.24) is 16.0 Å². The largest absolute Gasteiger partial charge is 0.467 e. The van der Waals surface area contributed by atoms with Gasteiger partial charge in [-0.15, -0.1) is 24.0 Å². The van der Waals surface area contributed by atoms with Crippen LogP contribution in [-0.2, 0) is 17.8 Å². The number of fused-ring (bicyclic) bond motifs is 1. The first-order valence-corrected chi connectivity index (χ1v) is 8.37. The first-order valence-electron chi connectivity index (χ1n) is 8.37. The van der Waals surface area contributed by atoms with Crippen LogP contribution in [0, 0.1) is 0 Å². The topological polar surface area (TPSA) is 97.1 Å². The maximum atomic E-state index is 11.8. The summed E-state index contributed by atoms with van der Waals surface area (Å²) in [6.45, 7) is 1.44. The standard InChI is InChI=1S/C18H22N4O4.HI/c1-19-18(22-11-17(23)21-10-14-3-2-8-24-14)20-7-6-13-4-5-15-16(9-13)26-12-25-15;/h2-5,8-9H,6-7,10-12H2,1H3,(H,21,23)(H2,19,20,22);1H. The molecular formula is C18H23IN4O4. The lowest BCUT2D eigenvalue weighted by Gasteiger charge is -2.12. The van der Waals surface area contributed by atoms with Crippen molar-refractivity contribution < 1.29 is 18.7 Å². The molecule has 0 unspecified atom stereocenters. The molecule has 1 aromatic heterocycles. The summed E-state index contributed by atoms with van der Waals surface area (Å²) >= 11 is 0. The molecule has 8 nitrogen and oxygen atoms in total. The number of hydrogen-bond donors (Lipinski definition) is 3. The van der Waals surface area contributed by atoms with E-state index in [1.165, 1.54) is 0 Å². The molecule has 0 fully saturated rings. The number of guanidine groups is 1. The molecule has 0 spiro atoms. The fourth-order valence-electron chi connectivity index (χ4n) is 2.47. The van der Waals surface area contributed by atoms with E-state index in [-0.39, 0.29) is 43.2 Å². The molecule has 3 rings (SSSR count). The number of amides is 1. The highest BCUT2D eigenvalue weighted by Gasteiger charge is 2.13. The lowest BCUT2D eigenvalue weighted by Crippen LogP contribution is -2.43. The number of carbonyl (C=O) groups is 1. The zero-order chi connectivity index (χ0) is 18.2. The van der Waals surface area contributed by atoms with Crippen LogP contribution in [0.5, 0.6) is 11.5 Å². The SMILES string of the molecule is CN=C(NCCc1ccc2c(c1)OCO2)NCC(=O)NCc1ccco1.I. The minimum absolute atomic E-state index is 0. The molecule has 2 aromatic rings. The van der Waals surface area contributed by atoms with Crippen LogP contribution >= 0.6 is 24.0 Å². The van der Waals surface area contributed by atoms with Crippen molar-refractivity contribution >= 4 is 35.8 Å². The van der Waals surface area contributed by atoms with Crippen LogP contribution in [0.25, 0.3) is 0 Å². The van der Waals surface area contributed by atoms with Gasteiger partial charge in [-0.05, 0) is 36.2 Å². The Morgan fingerprint density at radius 2 is 2.00 bits per heavy atom. The molecule has 0 saturated heterocycles. The van der Waals surface area contributed by atoms with Gasteiger partial charge in [-0.1, -0.05) is 6.07 Å². The summed E-state index contributed by atoms with van der Waals surface area (Å²) in [7, 11) is 1.66. The van der Waals surface area contributed by atoms with Crippen molar-refractivity contribution in [2.75, 3.05) is 26.9 Å². The fraction of sp³-hybridized carbons (Fsp3) is 0.333. The number of furan rings is 1. The number of benzene rings is 1. The van der Waals surface area contributed by atoms with Crippen molar-refractivity contribution in [3.63, 3.8) is 0 Å². The van der Waals surface area contributed by atoms with Crippen molar-refractivity contribution in [3.8, 4) is 11.5 Å². The Morgan fingerprint density at radius 3 is 2.78 bits per heavy atom. The first kappa shape index (κ1) is 20.9. The summed E-state index contributed by atoms with van der Waals surface area (Å²) in [5, 5.41) is 8.92. The highest BCUT2D eigenvalue weighted by molar-refractivity contribution is 14.0. The minimum atomic E-state index is -0.139. The average Bonchev–Trinajstić information content (AvgIpc) is 3.33. The summed E-state index contributed by atoms with van der Waals surface area (Å²) in [6, 6.07) is 9.49. The van der Waals surface area contributed by atoms with Crippen LogP contribution in [0.15, 0.2) is 46.0 Å². The van der Waals surface area contributed by atoms with E-state index in [4.69, 9.17) is 13.9 Å². The number of rotatable bonds is 7. The third-order valence-corrected chi connectivity index (χ3v) is 3.82. The van der Waals surface area contributed by atoms with Gasteiger partial charge in [-0.25, -0.2) is 0 Å². The van der Waals surface area contributed by atoms with E-state index >= 15 is 0 Å². The molecule has 0 atom stereocenters. The third-order valence-electron chi connectivity index (χ3n) is 3.82. The second kappa shape index (κ2) is 10.7. The van der Waals surface area contributed by atoms with E-state index in [0.717, 1.165) is 23.5 Å². The molecule has 3 N–H and O–H groups in total. The van der Waals surface area contributed by atoms with Gasteiger partial charge in [0, 0.05) is 13.6 Å². The molecule has 9 heteroatoms. The number of aliphatic imine (C=N–C) groups is 1. The Labute approximate surface area is 174 Å². The van der Waals surface area contributed by atoms with Crippen molar-refractivity contribution in [2.24, 2.45) is 4.99 Å². The Hall–Kier alpha value is -2.43. The Balaban J connectivity index is 0.00000261. The number of ether oxygens (including phenoxy) is 2. The number of carbonyl (C=O) groups excluding carboxylic acids is 1. The molecule has 1 amide bonds. The fourth-order valence-corrected chi connectivity index (χ4v) is 2.47. The molecule has 0 aliphatic carbocycles. The maximum Gasteiger partial charge on any atom is 0.239 e. The molecule has 146 valence electrons. The first-order chi connectivity index (χ1) is 12.7. The number of nitrogens with one attached hydrogen (secondary N) is 3. The molecule has 0 saturated carbocycles. The van der Waals surface area contributed by atoms with Gasteiger partial charge >= 0.3 is 0 Å². The van der Waals surface area contributed by atoms with Crippen LogP contribution in [0.2, 0.25) is 0 Å². The quantitative estimate of drug-likeness (QED) is 0.313. The Kier molecular flexibility index (Phi) is 8.24. The van der Waals surface area contributed by atoms with Gasteiger partial charge in [0.25, 0.3) is 0 Å². The Morgan fingerprint density at radius 1 is 1.15 bits per heavy atom.